The lowest BCUT2D eigenvalue weighted by Gasteiger charge is -2.34. The maximum atomic E-state index is 12.3. The van der Waals surface area contributed by atoms with E-state index in [9.17, 15) is 10.1 Å². The highest BCUT2D eigenvalue weighted by Gasteiger charge is 2.31. The highest BCUT2D eigenvalue weighted by molar-refractivity contribution is 5.85. The SMILES string of the molecule is COC(=O)[C@H](C#N)c1nc2ccccc2nc1N1CC[NH+](Cc2ccc3c(c2)OCO3)CC1. The second kappa shape index (κ2) is 8.92. The third kappa shape index (κ3) is 4.13. The van der Waals surface area contributed by atoms with Crippen LogP contribution in [0, 0.1) is 11.3 Å². The Morgan fingerprint density at radius 1 is 1.15 bits per heavy atom. The molecule has 5 rings (SSSR count). The van der Waals surface area contributed by atoms with E-state index in [1.807, 2.05) is 42.5 Å². The quantitative estimate of drug-likeness (QED) is 0.580. The Morgan fingerprint density at radius 3 is 2.61 bits per heavy atom. The Morgan fingerprint density at radius 2 is 1.88 bits per heavy atom. The lowest BCUT2D eigenvalue weighted by molar-refractivity contribution is -0.914. The molecule has 1 saturated heterocycles. The second-order valence-electron chi connectivity index (χ2n) is 8.11. The Balaban J connectivity index is 1.36. The number of benzene rings is 2. The van der Waals surface area contributed by atoms with Crippen LogP contribution in [0.25, 0.3) is 11.0 Å². The van der Waals surface area contributed by atoms with Crippen molar-refractivity contribution < 1.29 is 23.9 Å². The fourth-order valence-corrected chi connectivity index (χ4v) is 4.33. The van der Waals surface area contributed by atoms with Crippen molar-refractivity contribution in [3.8, 4) is 17.6 Å². The van der Waals surface area contributed by atoms with Crippen LogP contribution in [0.4, 0.5) is 5.82 Å². The van der Waals surface area contributed by atoms with Crippen LogP contribution < -0.4 is 19.3 Å². The van der Waals surface area contributed by atoms with Gasteiger partial charge in [-0.05, 0) is 30.3 Å². The van der Waals surface area contributed by atoms with Gasteiger partial charge in [0.05, 0.1) is 50.4 Å². The third-order valence-electron chi connectivity index (χ3n) is 6.08. The van der Waals surface area contributed by atoms with E-state index in [4.69, 9.17) is 19.2 Å². The standard InChI is InChI=1S/C24H23N5O4/c1-31-24(30)17(13-25)22-23(27-19-5-3-2-4-18(19)26-22)29-10-8-28(9-11-29)14-16-6-7-20-21(12-16)33-15-32-20/h2-7,12,17H,8-11,14-15H2,1H3/p+1/t17-/m1/s1. The molecular formula is C24H24N5O4+. The van der Waals surface area contributed by atoms with E-state index < -0.39 is 11.9 Å². The van der Waals surface area contributed by atoms with Gasteiger partial charge in [-0.25, -0.2) is 9.97 Å². The van der Waals surface area contributed by atoms with E-state index in [0.717, 1.165) is 49.7 Å². The summed E-state index contributed by atoms with van der Waals surface area (Å²) in [7, 11) is 1.28. The zero-order chi connectivity index (χ0) is 22.8. The molecule has 3 aromatic rings. The minimum absolute atomic E-state index is 0.273. The predicted molar refractivity (Wildman–Crippen MR) is 119 cm³/mol. The summed E-state index contributed by atoms with van der Waals surface area (Å²) in [5.74, 6) is 0.412. The first-order valence-electron chi connectivity index (χ1n) is 10.9. The minimum atomic E-state index is -1.12. The van der Waals surface area contributed by atoms with E-state index in [1.54, 1.807) is 0 Å². The molecule has 0 unspecified atom stereocenters. The molecule has 0 saturated carbocycles. The van der Waals surface area contributed by atoms with Gasteiger partial charge in [0.25, 0.3) is 0 Å². The number of anilines is 1. The Hall–Kier alpha value is -3.90. The van der Waals surface area contributed by atoms with Gasteiger partial charge in [-0.3, -0.25) is 4.79 Å². The maximum Gasteiger partial charge on any atom is 0.329 e. The summed E-state index contributed by atoms with van der Waals surface area (Å²) in [5.41, 5.74) is 2.92. The van der Waals surface area contributed by atoms with Crippen molar-refractivity contribution in [2.24, 2.45) is 0 Å². The van der Waals surface area contributed by atoms with E-state index in [0.29, 0.717) is 17.0 Å². The molecule has 0 amide bonds. The van der Waals surface area contributed by atoms with Crippen LogP contribution in [0.3, 0.4) is 0 Å². The van der Waals surface area contributed by atoms with Crippen LogP contribution in [0.5, 0.6) is 11.5 Å². The Bertz CT molecular complexity index is 1230. The molecule has 1 aromatic heterocycles. The Labute approximate surface area is 191 Å². The van der Waals surface area contributed by atoms with Crippen molar-refractivity contribution >= 4 is 22.8 Å². The highest BCUT2D eigenvalue weighted by atomic mass is 16.7. The summed E-state index contributed by atoms with van der Waals surface area (Å²) in [6.07, 6.45) is 0. The molecule has 1 fully saturated rings. The van der Waals surface area contributed by atoms with Crippen molar-refractivity contribution in [1.29, 1.82) is 5.26 Å². The molecule has 168 valence electrons. The maximum absolute atomic E-state index is 12.3. The lowest BCUT2D eigenvalue weighted by Crippen LogP contribution is -3.13. The summed E-state index contributed by atoms with van der Waals surface area (Å²) in [6, 6.07) is 15.6. The first-order chi connectivity index (χ1) is 16.2. The smallest absolute Gasteiger partial charge is 0.329 e. The molecule has 3 heterocycles. The average molecular weight is 446 g/mol. The van der Waals surface area contributed by atoms with Crippen molar-refractivity contribution in [3.05, 3.63) is 53.7 Å². The van der Waals surface area contributed by atoms with Gasteiger partial charge in [0.2, 0.25) is 6.79 Å². The number of fused-ring (bicyclic) bond motifs is 2. The van der Waals surface area contributed by atoms with Gasteiger partial charge >= 0.3 is 5.97 Å². The Kier molecular flexibility index (Phi) is 5.67. The van der Waals surface area contributed by atoms with Crippen LogP contribution >= 0.6 is 0 Å². The number of esters is 1. The fraction of sp³-hybridized carbons (Fsp3) is 0.333. The van der Waals surface area contributed by atoms with Gasteiger partial charge in [-0.1, -0.05) is 12.1 Å². The highest BCUT2D eigenvalue weighted by Crippen LogP contribution is 2.32. The minimum Gasteiger partial charge on any atom is -0.468 e. The van der Waals surface area contributed by atoms with Crippen LogP contribution in [-0.4, -0.2) is 56.0 Å². The number of hydrogen-bond acceptors (Lipinski definition) is 8. The van der Waals surface area contributed by atoms with Crippen molar-refractivity contribution in [1.82, 2.24) is 9.97 Å². The first kappa shape index (κ1) is 21.0. The predicted octanol–water partition coefficient (Wildman–Crippen LogP) is 1.04. The molecule has 9 nitrogen and oxygen atoms in total. The number of ether oxygens (including phenoxy) is 3. The monoisotopic (exact) mass is 446 g/mol. The van der Waals surface area contributed by atoms with Crippen molar-refractivity contribution in [2.75, 3.05) is 45.0 Å². The van der Waals surface area contributed by atoms with Gasteiger partial charge in [0.15, 0.2) is 23.2 Å². The van der Waals surface area contributed by atoms with Crippen LogP contribution in [-0.2, 0) is 16.1 Å². The number of methoxy groups -OCH3 is 1. The molecule has 0 spiro atoms. The number of carbonyl (C=O) groups is 1. The van der Waals surface area contributed by atoms with Crippen LogP contribution in [0.15, 0.2) is 42.5 Å². The molecule has 0 aliphatic carbocycles. The van der Waals surface area contributed by atoms with Gasteiger partial charge in [0, 0.05) is 5.56 Å². The van der Waals surface area contributed by atoms with Crippen molar-refractivity contribution in [3.63, 3.8) is 0 Å². The molecule has 9 heteroatoms. The number of quaternary nitrogens is 1. The zero-order valence-electron chi connectivity index (χ0n) is 18.3. The number of nitrogens with zero attached hydrogens (tertiary/aromatic N) is 4. The normalized spacial score (nSPS) is 16.4. The second-order valence-corrected chi connectivity index (χ2v) is 8.11. The molecule has 0 bridgehead atoms. The molecular weight excluding hydrogens is 422 g/mol. The summed E-state index contributed by atoms with van der Waals surface area (Å²) in [4.78, 5) is 25.3. The largest absolute Gasteiger partial charge is 0.468 e. The summed E-state index contributed by atoms with van der Waals surface area (Å²) in [6.45, 7) is 4.40. The van der Waals surface area contributed by atoms with Gasteiger partial charge in [0.1, 0.15) is 12.2 Å². The number of para-hydroxylation sites is 2. The number of hydrogen-bond donors (Lipinski definition) is 1. The van der Waals surface area contributed by atoms with E-state index in [2.05, 4.69) is 16.0 Å². The molecule has 2 aliphatic rings. The molecule has 2 aromatic carbocycles. The van der Waals surface area contributed by atoms with Crippen LogP contribution in [0.2, 0.25) is 0 Å². The number of aromatic nitrogens is 2. The van der Waals surface area contributed by atoms with Crippen molar-refractivity contribution in [2.45, 2.75) is 12.5 Å². The molecule has 1 atom stereocenters. The molecule has 33 heavy (non-hydrogen) atoms. The number of rotatable bonds is 5. The van der Waals surface area contributed by atoms with E-state index >= 15 is 0 Å². The van der Waals surface area contributed by atoms with Crippen LogP contribution in [0.1, 0.15) is 17.2 Å². The van der Waals surface area contributed by atoms with Gasteiger partial charge in [-0.15, -0.1) is 0 Å². The zero-order valence-corrected chi connectivity index (χ0v) is 18.3. The average Bonchev–Trinajstić information content (AvgIpc) is 3.32. The molecule has 2 aliphatic heterocycles. The fourth-order valence-electron chi connectivity index (χ4n) is 4.33. The number of piperazine rings is 1. The summed E-state index contributed by atoms with van der Waals surface area (Å²) >= 11 is 0. The summed E-state index contributed by atoms with van der Waals surface area (Å²) < 4.78 is 15.7. The molecule has 0 radical (unpaired) electrons. The third-order valence-corrected chi connectivity index (χ3v) is 6.08. The topological polar surface area (TPSA) is 102 Å². The van der Waals surface area contributed by atoms with E-state index in [-0.39, 0.29) is 6.79 Å². The summed E-state index contributed by atoms with van der Waals surface area (Å²) in [5, 5.41) is 9.69. The van der Waals surface area contributed by atoms with E-state index in [1.165, 1.54) is 17.6 Å². The van der Waals surface area contributed by atoms with Gasteiger partial charge in [-0.2, -0.15) is 5.26 Å². The van der Waals surface area contributed by atoms with Gasteiger partial charge < -0.3 is 24.0 Å². The first-order valence-corrected chi connectivity index (χ1v) is 10.9. The lowest BCUT2D eigenvalue weighted by atomic mass is 10.1. The number of carbonyl (C=O) groups excluding carboxylic acids is 1. The number of nitriles is 1. The molecule has 1 N–H and O–H groups in total. The number of nitrogens with one attached hydrogen (secondary N) is 1.